The van der Waals surface area contributed by atoms with E-state index < -0.39 is 0 Å². The Balaban J connectivity index is 2.63. The molecule has 3 unspecified atom stereocenters. The molecule has 1 fully saturated rings. The van der Waals surface area contributed by atoms with E-state index in [0.29, 0.717) is 6.04 Å². The van der Waals surface area contributed by atoms with E-state index in [0.717, 1.165) is 18.5 Å². The topological polar surface area (TPSA) is 29.3 Å². The normalized spacial score (nSPS) is 29.4. The highest BCUT2D eigenvalue weighted by molar-refractivity contribution is 4.88. The van der Waals surface area contributed by atoms with Gasteiger partial charge in [-0.15, -0.1) is 0 Å². The van der Waals surface area contributed by atoms with Gasteiger partial charge >= 0.3 is 0 Å². The third kappa shape index (κ3) is 3.46. The molecule has 96 valence electrons. The summed E-state index contributed by atoms with van der Waals surface area (Å²) in [6.07, 6.45) is 5.50. The van der Waals surface area contributed by atoms with Crippen LogP contribution >= 0.6 is 0 Å². The second-order valence-electron chi connectivity index (χ2n) is 6.71. The van der Waals surface area contributed by atoms with E-state index in [2.05, 4.69) is 39.6 Å². The first-order valence-corrected chi connectivity index (χ1v) is 6.78. The quantitative estimate of drug-likeness (QED) is 0.802. The molecule has 0 bridgehead atoms. The van der Waals surface area contributed by atoms with E-state index in [4.69, 9.17) is 5.73 Å². The second-order valence-corrected chi connectivity index (χ2v) is 6.71. The van der Waals surface area contributed by atoms with Gasteiger partial charge in [-0.1, -0.05) is 40.5 Å². The molecule has 0 aromatic rings. The van der Waals surface area contributed by atoms with Gasteiger partial charge in [0.2, 0.25) is 0 Å². The molecule has 2 heteroatoms. The molecule has 2 nitrogen and oxygen atoms in total. The lowest BCUT2D eigenvalue weighted by molar-refractivity contribution is 0.0612. The molecule has 16 heavy (non-hydrogen) atoms. The smallest absolute Gasteiger partial charge is 0.0266 e. The van der Waals surface area contributed by atoms with Crippen molar-refractivity contribution in [3.8, 4) is 0 Å². The van der Waals surface area contributed by atoms with Crippen molar-refractivity contribution >= 4 is 0 Å². The van der Waals surface area contributed by atoms with Crippen LogP contribution < -0.4 is 5.73 Å². The standard InChI is InChI=1S/C14H30N2/c1-11-7-6-8-12(9-11)16(5)13(10-15)14(2,3)4/h11-13H,6-10,15H2,1-5H3. The van der Waals surface area contributed by atoms with Gasteiger partial charge in [0.25, 0.3) is 0 Å². The molecule has 1 rings (SSSR count). The summed E-state index contributed by atoms with van der Waals surface area (Å²) in [4.78, 5) is 2.55. The number of hydrogen-bond donors (Lipinski definition) is 1. The van der Waals surface area contributed by atoms with Gasteiger partial charge in [0.05, 0.1) is 0 Å². The van der Waals surface area contributed by atoms with Crippen LogP contribution in [-0.2, 0) is 0 Å². The van der Waals surface area contributed by atoms with Gasteiger partial charge in [0.1, 0.15) is 0 Å². The average molecular weight is 226 g/mol. The van der Waals surface area contributed by atoms with Crippen LogP contribution in [-0.4, -0.2) is 30.6 Å². The number of likely N-dealkylation sites (N-methyl/N-ethyl adjacent to an activating group) is 1. The van der Waals surface area contributed by atoms with Crippen LogP contribution in [0.15, 0.2) is 0 Å². The van der Waals surface area contributed by atoms with E-state index in [-0.39, 0.29) is 5.41 Å². The Hall–Kier alpha value is -0.0800. The number of nitrogens with zero attached hydrogens (tertiary/aromatic N) is 1. The molecule has 2 N–H and O–H groups in total. The van der Waals surface area contributed by atoms with Crippen molar-refractivity contribution in [2.45, 2.75) is 65.5 Å². The van der Waals surface area contributed by atoms with E-state index in [1.165, 1.54) is 25.7 Å². The van der Waals surface area contributed by atoms with Gasteiger partial charge in [-0.2, -0.15) is 0 Å². The molecule has 0 aromatic carbocycles. The molecule has 0 saturated heterocycles. The van der Waals surface area contributed by atoms with Crippen LogP contribution in [0.1, 0.15) is 53.4 Å². The maximum atomic E-state index is 5.96. The summed E-state index contributed by atoms with van der Waals surface area (Å²) in [7, 11) is 2.27. The van der Waals surface area contributed by atoms with Crippen molar-refractivity contribution in [2.75, 3.05) is 13.6 Å². The molecule has 0 spiro atoms. The number of nitrogens with two attached hydrogens (primary N) is 1. The largest absolute Gasteiger partial charge is 0.329 e. The first-order valence-electron chi connectivity index (χ1n) is 6.78. The highest BCUT2D eigenvalue weighted by Crippen LogP contribution is 2.31. The molecule has 0 amide bonds. The van der Waals surface area contributed by atoms with Crippen LogP contribution in [0.3, 0.4) is 0 Å². The zero-order valence-corrected chi connectivity index (χ0v) is 11.8. The van der Waals surface area contributed by atoms with Gasteiger partial charge in [0.15, 0.2) is 0 Å². The van der Waals surface area contributed by atoms with Gasteiger partial charge < -0.3 is 5.73 Å². The van der Waals surface area contributed by atoms with E-state index in [1.54, 1.807) is 0 Å². The van der Waals surface area contributed by atoms with Crippen molar-refractivity contribution in [1.82, 2.24) is 4.90 Å². The summed E-state index contributed by atoms with van der Waals surface area (Å²) in [6, 6.07) is 1.25. The molecule has 1 saturated carbocycles. The Morgan fingerprint density at radius 2 is 1.94 bits per heavy atom. The minimum atomic E-state index is 0.282. The van der Waals surface area contributed by atoms with Crippen LogP contribution in [0.2, 0.25) is 0 Å². The summed E-state index contributed by atoms with van der Waals surface area (Å²) < 4.78 is 0. The minimum Gasteiger partial charge on any atom is -0.329 e. The molecular formula is C14H30N2. The predicted molar refractivity (Wildman–Crippen MR) is 71.5 cm³/mol. The monoisotopic (exact) mass is 226 g/mol. The molecule has 1 aliphatic rings. The Kier molecular flexibility index (Phi) is 4.81. The van der Waals surface area contributed by atoms with E-state index in [1.807, 2.05) is 0 Å². The predicted octanol–water partition coefficient (Wildman–Crippen LogP) is 2.87. The summed E-state index contributed by atoms with van der Waals surface area (Å²) in [6.45, 7) is 10.0. The summed E-state index contributed by atoms with van der Waals surface area (Å²) in [5.41, 5.74) is 6.24. The van der Waals surface area contributed by atoms with Crippen molar-refractivity contribution in [3.05, 3.63) is 0 Å². The molecule has 1 aliphatic carbocycles. The van der Waals surface area contributed by atoms with Gasteiger partial charge in [-0.25, -0.2) is 0 Å². The first-order chi connectivity index (χ1) is 7.36. The SMILES string of the molecule is CC1CCCC(N(C)C(CN)C(C)(C)C)C1. The maximum Gasteiger partial charge on any atom is 0.0266 e. The van der Waals surface area contributed by atoms with Crippen LogP contribution in [0, 0.1) is 11.3 Å². The number of hydrogen-bond acceptors (Lipinski definition) is 2. The van der Waals surface area contributed by atoms with Crippen LogP contribution in [0.25, 0.3) is 0 Å². The zero-order valence-electron chi connectivity index (χ0n) is 11.8. The Morgan fingerprint density at radius 1 is 1.31 bits per heavy atom. The second kappa shape index (κ2) is 5.50. The van der Waals surface area contributed by atoms with Crippen molar-refractivity contribution in [2.24, 2.45) is 17.1 Å². The fourth-order valence-electron chi connectivity index (χ4n) is 3.16. The van der Waals surface area contributed by atoms with Crippen molar-refractivity contribution < 1.29 is 0 Å². The Morgan fingerprint density at radius 3 is 2.38 bits per heavy atom. The van der Waals surface area contributed by atoms with Gasteiger partial charge in [0, 0.05) is 18.6 Å². The Bertz CT molecular complexity index is 207. The summed E-state index contributed by atoms with van der Waals surface area (Å²) in [5.74, 6) is 0.889. The minimum absolute atomic E-state index is 0.282. The van der Waals surface area contributed by atoms with Crippen molar-refractivity contribution in [3.63, 3.8) is 0 Å². The van der Waals surface area contributed by atoms with E-state index >= 15 is 0 Å². The average Bonchev–Trinajstić information content (AvgIpc) is 2.16. The summed E-state index contributed by atoms with van der Waals surface area (Å²) >= 11 is 0. The lowest BCUT2D eigenvalue weighted by Crippen LogP contribution is -2.52. The molecular weight excluding hydrogens is 196 g/mol. The fraction of sp³-hybridized carbons (Fsp3) is 1.00. The van der Waals surface area contributed by atoms with Crippen LogP contribution in [0.5, 0.6) is 0 Å². The maximum absolute atomic E-state index is 5.96. The highest BCUT2D eigenvalue weighted by Gasteiger charge is 2.32. The zero-order chi connectivity index (χ0) is 12.3. The lowest BCUT2D eigenvalue weighted by atomic mass is 9.81. The molecule has 3 atom stereocenters. The first kappa shape index (κ1) is 14.0. The molecule has 0 radical (unpaired) electrons. The van der Waals surface area contributed by atoms with Crippen LogP contribution in [0.4, 0.5) is 0 Å². The van der Waals surface area contributed by atoms with Gasteiger partial charge in [-0.05, 0) is 31.2 Å². The molecule has 0 aliphatic heterocycles. The highest BCUT2D eigenvalue weighted by atomic mass is 15.2. The lowest BCUT2D eigenvalue weighted by Gasteiger charge is -2.44. The van der Waals surface area contributed by atoms with Crippen molar-refractivity contribution in [1.29, 1.82) is 0 Å². The molecule has 0 heterocycles. The van der Waals surface area contributed by atoms with E-state index in [9.17, 15) is 0 Å². The summed E-state index contributed by atoms with van der Waals surface area (Å²) in [5, 5.41) is 0. The third-order valence-electron chi connectivity index (χ3n) is 4.20. The fourth-order valence-corrected chi connectivity index (χ4v) is 3.16. The molecule has 0 aromatic heterocycles. The third-order valence-corrected chi connectivity index (χ3v) is 4.20. The Labute approximate surface area is 102 Å². The number of rotatable bonds is 3. The van der Waals surface area contributed by atoms with Gasteiger partial charge in [-0.3, -0.25) is 4.90 Å².